The van der Waals surface area contributed by atoms with Gasteiger partial charge >= 0.3 is 0 Å². The number of benzene rings is 1. The highest BCUT2D eigenvalue weighted by atomic mass is 16.5. The van der Waals surface area contributed by atoms with Crippen LogP contribution in [0.5, 0.6) is 5.75 Å². The molecule has 2 aromatic rings. The van der Waals surface area contributed by atoms with Crippen LogP contribution in [-0.4, -0.2) is 16.8 Å². The Morgan fingerprint density at radius 2 is 2.26 bits per heavy atom. The van der Waals surface area contributed by atoms with Crippen LogP contribution >= 0.6 is 0 Å². The molecule has 2 atom stereocenters. The van der Waals surface area contributed by atoms with E-state index in [1.54, 1.807) is 0 Å². The average Bonchev–Trinajstić information content (AvgIpc) is 2.95. The van der Waals surface area contributed by atoms with Crippen LogP contribution in [0.15, 0.2) is 36.7 Å². The number of rotatable bonds is 3. The van der Waals surface area contributed by atoms with Gasteiger partial charge in [0.2, 0.25) is 0 Å². The van der Waals surface area contributed by atoms with Gasteiger partial charge in [-0.1, -0.05) is 18.2 Å². The van der Waals surface area contributed by atoms with Gasteiger partial charge in [-0.05, 0) is 20.0 Å². The van der Waals surface area contributed by atoms with Gasteiger partial charge in [0.05, 0.1) is 6.20 Å². The van der Waals surface area contributed by atoms with Gasteiger partial charge < -0.3 is 10.1 Å². The molecule has 2 heterocycles. The Morgan fingerprint density at radius 3 is 3.00 bits per heavy atom. The summed E-state index contributed by atoms with van der Waals surface area (Å²) in [7, 11) is 2.00. The van der Waals surface area contributed by atoms with E-state index in [1.165, 1.54) is 5.56 Å². The second-order valence-corrected chi connectivity index (χ2v) is 4.85. The van der Waals surface area contributed by atoms with Crippen molar-refractivity contribution >= 4 is 0 Å². The molecule has 19 heavy (non-hydrogen) atoms. The average molecular weight is 257 g/mol. The van der Waals surface area contributed by atoms with Crippen LogP contribution < -0.4 is 10.1 Å². The van der Waals surface area contributed by atoms with Crippen molar-refractivity contribution < 1.29 is 4.74 Å². The topological polar surface area (TPSA) is 39.1 Å². The van der Waals surface area contributed by atoms with Crippen molar-refractivity contribution in [3.63, 3.8) is 0 Å². The summed E-state index contributed by atoms with van der Waals surface area (Å²) in [5.74, 6) is 0.974. The molecule has 0 aliphatic carbocycles. The molecule has 1 aliphatic rings. The Balaban J connectivity index is 1.90. The largest absolute Gasteiger partial charge is 0.485 e. The van der Waals surface area contributed by atoms with Crippen molar-refractivity contribution in [2.75, 3.05) is 7.05 Å². The minimum absolute atomic E-state index is 0.0765. The lowest BCUT2D eigenvalue weighted by Gasteiger charge is -2.31. The molecule has 1 aliphatic heterocycles. The first kappa shape index (κ1) is 12.2. The van der Waals surface area contributed by atoms with Crippen LogP contribution in [0.1, 0.15) is 36.6 Å². The summed E-state index contributed by atoms with van der Waals surface area (Å²) < 4.78 is 8.05. The van der Waals surface area contributed by atoms with E-state index >= 15 is 0 Å². The van der Waals surface area contributed by atoms with Crippen molar-refractivity contribution in [3.8, 4) is 5.75 Å². The van der Waals surface area contributed by atoms with E-state index in [1.807, 2.05) is 30.1 Å². The van der Waals surface area contributed by atoms with E-state index in [9.17, 15) is 0 Å². The van der Waals surface area contributed by atoms with Crippen LogP contribution in [0.4, 0.5) is 0 Å². The van der Waals surface area contributed by atoms with Crippen LogP contribution in [0.2, 0.25) is 0 Å². The fourth-order valence-electron chi connectivity index (χ4n) is 2.61. The first-order valence-corrected chi connectivity index (χ1v) is 6.77. The van der Waals surface area contributed by atoms with Gasteiger partial charge in [-0.2, -0.15) is 5.10 Å². The van der Waals surface area contributed by atoms with Crippen molar-refractivity contribution in [1.82, 2.24) is 15.1 Å². The van der Waals surface area contributed by atoms with E-state index in [4.69, 9.17) is 4.74 Å². The Bertz CT molecular complexity index is 564. The zero-order valence-electron chi connectivity index (χ0n) is 11.3. The highest BCUT2D eigenvalue weighted by Crippen LogP contribution is 2.40. The maximum atomic E-state index is 6.11. The fraction of sp³-hybridized carbons (Fsp3) is 0.400. The summed E-state index contributed by atoms with van der Waals surface area (Å²) in [4.78, 5) is 0. The number of hydrogen-bond donors (Lipinski definition) is 1. The number of aromatic nitrogens is 2. The van der Waals surface area contributed by atoms with E-state index in [0.29, 0.717) is 6.04 Å². The second kappa shape index (κ2) is 5.05. The number of nitrogens with one attached hydrogen (secondary N) is 1. The SMILES string of the molecule is CCn1cc(C2CC(NC)c3ccccc3O2)cn1. The van der Waals surface area contributed by atoms with E-state index in [-0.39, 0.29) is 6.10 Å². The molecule has 0 bridgehead atoms. The molecular weight excluding hydrogens is 238 g/mol. The number of fused-ring (bicyclic) bond motifs is 1. The van der Waals surface area contributed by atoms with Crippen LogP contribution in [0, 0.1) is 0 Å². The van der Waals surface area contributed by atoms with Crippen LogP contribution in [0.3, 0.4) is 0 Å². The number of hydrogen-bond acceptors (Lipinski definition) is 3. The molecule has 1 N–H and O–H groups in total. The third-order valence-corrected chi connectivity index (χ3v) is 3.71. The number of nitrogens with zero attached hydrogens (tertiary/aromatic N) is 2. The lowest BCUT2D eigenvalue weighted by molar-refractivity contribution is 0.154. The van der Waals surface area contributed by atoms with Crippen molar-refractivity contribution in [2.24, 2.45) is 0 Å². The Morgan fingerprint density at radius 1 is 1.42 bits per heavy atom. The summed E-state index contributed by atoms with van der Waals surface area (Å²) in [5.41, 5.74) is 2.39. The van der Waals surface area contributed by atoms with Crippen molar-refractivity contribution in [3.05, 3.63) is 47.8 Å². The Hall–Kier alpha value is -1.81. The van der Waals surface area contributed by atoms with Gasteiger partial charge in [-0.15, -0.1) is 0 Å². The predicted molar refractivity (Wildman–Crippen MR) is 74.1 cm³/mol. The zero-order chi connectivity index (χ0) is 13.2. The lowest BCUT2D eigenvalue weighted by Crippen LogP contribution is -2.26. The highest BCUT2D eigenvalue weighted by molar-refractivity contribution is 5.38. The number of aryl methyl sites for hydroxylation is 1. The molecule has 2 unspecified atom stereocenters. The predicted octanol–water partition coefficient (Wildman–Crippen LogP) is 2.69. The molecule has 3 rings (SSSR count). The molecule has 4 nitrogen and oxygen atoms in total. The van der Waals surface area contributed by atoms with Gasteiger partial charge in [-0.25, -0.2) is 0 Å². The molecule has 1 aromatic heterocycles. The highest BCUT2D eigenvalue weighted by Gasteiger charge is 2.28. The molecular formula is C15H19N3O. The van der Waals surface area contributed by atoms with Gasteiger partial charge in [0.15, 0.2) is 0 Å². The number of ether oxygens (including phenoxy) is 1. The summed E-state index contributed by atoms with van der Waals surface area (Å²) in [6, 6.07) is 8.57. The standard InChI is InChI=1S/C15H19N3O/c1-3-18-10-11(9-17-18)15-8-13(16-2)12-6-4-5-7-14(12)19-15/h4-7,9-10,13,15-16H,3,8H2,1-2H3. The van der Waals surface area contributed by atoms with Gasteiger partial charge in [0.25, 0.3) is 0 Å². The molecule has 1 aromatic carbocycles. The quantitative estimate of drug-likeness (QED) is 0.919. The molecule has 0 amide bonds. The van der Waals surface area contributed by atoms with Gasteiger partial charge in [0, 0.05) is 36.3 Å². The summed E-state index contributed by atoms with van der Waals surface area (Å²) in [6.45, 7) is 2.98. The molecule has 4 heteroatoms. The molecule has 0 saturated heterocycles. The van der Waals surface area contributed by atoms with Gasteiger partial charge in [0.1, 0.15) is 11.9 Å². The Kier molecular flexibility index (Phi) is 3.25. The molecule has 0 saturated carbocycles. The second-order valence-electron chi connectivity index (χ2n) is 4.85. The maximum absolute atomic E-state index is 6.11. The normalized spacial score (nSPS) is 21.8. The third-order valence-electron chi connectivity index (χ3n) is 3.71. The monoisotopic (exact) mass is 257 g/mol. The molecule has 0 spiro atoms. The molecule has 100 valence electrons. The summed E-state index contributed by atoms with van der Waals surface area (Å²) >= 11 is 0. The minimum atomic E-state index is 0.0765. The summed E-state index contributed by atoms with van der Waals surface area (Å²) in [6.07, 6.45) is 5.00. The van der Waals surface area contributed by atoms with Crippen LogP contribution in [0.25, 0.3) is 0 Å². The molecule has 0 radical (unpaired) electrons. The van der Waals surface area contributed by atoms with E-state index in [0.717, 1.165) is 24.3 Å². The smallest absolute Gasteiger partial charge is 0.129 e. The fourth-order valence-corrected chi connectivity index (χ4v) is 2.61. The third kappa shape index (κ3) is 2.24. The van der Waals surface area contributed by atoms with E-state index in [2.05, 4.69) is 35.7 Å². The maximum Gasteiger partial charge on any atom is 0.129 e. The van der Waals surface area contributed by atoms with Crippen molar-refractivity contribution in [1.29, 1.82) is 0 Å². The summed E-state index contributed by atoms with van der Waals surface area (Å²) in [5, 5.41) is 7.71. The van der Waals surface area contributed by atoms with Crippen molar-refractivity contribution in [2.45, 2.75) is 32.0 Å². The van der Waals surface area contributed by atoms with Crippen LogP contribution in [-0.2, 0) is 6.54 Å². The Labute approximate surface area is 113 Å². The lowest BCUT2D eigenvalue weighted by atomic mass is 9.94. The van der Waals surface area contributed by atoms with Gasteiger partial charge in [-0.3, -0.25) is 4.68 Å². The zero-order valence-corrected chi connectivity index (χ0v) is 11.3. The minimum Gasteiger partial charge on any atom is -0.485 e. The number of para-hydroxylation sites is 1. The van der Waals surface area contributed by atoms with E-state index < -0.39 is 0 Å². The first-order valence-electron chi connectivity index (χ1n) is 6.77. The first-order chi connectivity index (χ1) is 9.31. The molecule has 0 fully saturated rings.